The van der Waals surface area contributed by atoms with E-state index in [1.807, 2.05) is 0 Å². The van der Waals surface area contributed by atoms with Crippen molar-refractivity contribution >= 4 is 17.1 Å². The van der Waals surface area contributed by atoms with Gasteiger partial charge in [0.25, 0.3) is 0 Å². The normalized spacial score (nSPS) is 15.3. The van der Waals surface area contributed by atoms with Crippen LogP contribution in [0, 0.1) is 0 Å². The van der Waals surface area contributed by atoms with Crippen LogP contribution in [0.15, 0.2) is 18.2 Å². The van der Waals surface area contributed by atoms with Crippen LogP contribution >= 0.6 is 12.2 Å². The predicted molar refractivity (Wildman–Crippen MR) is 73.1 cm³/mol. The number of hydrogen-bond donors (Lipinski definition) is 1. The molecule has 16 heavy (non-hydrogen) atoms. The van der Waals surface area contributed by atoms with E-state index in [2.05, 4.69) is 18.2 Å². The quantitative estimate of drug-likeness (QED) is 0.493. The third-order valence-corrected chi connectivity index (χ3v) is 3.73. The minimum Gasteiger partial charge on any atom is -0.330 e. The van der Waals surface area contributed by atoms with Gasteiger partial charge < -0.3 is 5.73 Å². The molecular formula is C14H19NS. The zero-order valence-electron chi connectivity index (χ0n) is 9.67. The summed E-state index contributed by atoms with van der Waals surface area (Å²) in [4.78, 5) is 1.01. The fraction of sp³-hybridized carbons (Fsp3) is 0.500. The summed E-state index contributed by atoms with van der Waals surface area (Å²) in [6.45, 7) is 0.649. The molecule has 1 aliphatic carbocycles. The summed E-state index contributed by atoms with van der Waals surface area (Å²) in [5.41, 5.74) is 9.78. The first-order valence-electron chi connectivity index (χ1n) is 6.16. The molecule has 1 aromatic rings. The van der Waals surface area contributed by atoms with Crippen molar-refractivity contribution in [3.63, 3.8) is 0 Å². The second-order valence-electron chi connectivity index (χ2n) is 4.51. The van der Waals surface area contributed by atoms with Gasteiger partial charge in [0.1, 0.15) is 0 Å². The molecule has 2 heteroatoms. The summed E-state index contributed by atoms with van der Waals surface area (Å²) in [6, 6.07) is 6.72. The van der Waals surface area contributed by atoms with Gasteiger partial charge in [-0.25, -0.2) is 0 Å². The van der Waals surface area contributed by atoms with Crippen LogP contribution in [-0.4, -0.2) is 11.4 Å². The van der Waals surface area contributed by atoms with Crippen molar-refractivity contribution in [2.45, 2.75) is 38.5 Å². The van der Waals surface area contributed by atoms with E-state index in [-0.39, 0.29) is 0 Å². The first kappa shape index (κ1) is 11.7. The highest BCUT2D eigenvalue weighted by molar-refractivity contribution is 7.80. The van der Waals surface area contributed by atoms with Crippen LogP contribution in [0.1, 0.15) is 42.4 Å². The number of nitrogens with two attached hydrogens (primary N) is 1. The fourth-order valence-corrected chi connectivity index (χ4v) is 2.60. The van der Waals surface area contributed by atoms with E-state index in [0.717, 1.165) is 11.3 Å². The lowest BCUT2D eigenvalue weighted by Crippen LogP contribution is -2.07. The Morgan fingerprint density at radius 1 is 1.12 bits per heavy atom. The Bertz CT molecular complexity index is 384. The van der Waals surface area contributed by atoms with Crippen molar-refractivity contribution in [1.29, 1.82) is 0 Å². The largest absolute Gasteiger partial charge is 0.330 e. The summed E-state index contributed by atoms with van der Waals surface area (Å²) >= 11 is 5.38. The number of hydrogen-bond acceptors (Lipinski definition) is 2. The number of thiocarbonyl (C=S) groups is 1. The van der Waals surface area contributed by atoms with Crippen LogP contribution in [0.5, 0.6) is 0 Å². The van der Waals surface area contributed by atoms with Gasteiger partial charge in [-0.1, -0.05) is 36.8 Å². The lowest BCUT2D eigenvalue weighted by molar-refractivity contribution is 0.711. The maximum Gasteiger partial charge on any atom is 0.0237 e. The molecule has 0 heterocycles. The lowest BCUT2D eigenvalue weighted by Gasteiger charge is -2.09. The van der Waals surface area contributed by atoms with Crippen molar-refractivity contribution in [1.82, 2.24) is 0 Å². The van der Waals surface area contributed by atoms with Crippen LogP contribution < -0.4 is 5.73 Å². The molecule has 0 bridgehead atoms. The molecule has 0 saturated heterocycles. The topological polar surface area (TPSA) is 26.0 Å². The molecule has 1 nitrogen and oxygen atoms in total. The monoisotopic (exact) mass is 233 g/mol. The highest BCUT2D eigenvalue weighted by Crippen LogP contribution is 2.22. The van der Waals surface area contributed by atoms with Gasteiger partial charge in [-0.05, 0) is 55.3 Å². The second-order valence-corrected chi connectivity index (χ2v) is 5.00. The van der Waals surface area contributed by atoms with E-state index in [9.17, 15) is 0 Å². The minimum atomic E-state index is 0.649. The lowest BCUT2D eigenvalue weighted by atomic mass is 9.98. The second kappa shape index (κ2) is 5.55. The Labute approximate surface area is 103 Å². The Morgan fingerprint density at radius 2 is 1.88 bits per heavy atom. The molecule has 86 valence electrons. The van der Waals surface area contributed by atoms with Gasteiger partial charge in [-0.15, -0.1) is 0 Å². The van der Waals surface area contributed by atoms with Gasteiger partial charge in [0.15, 0.2) is 0 Å². The maximum absolute atomic E-state index is 5.54. The summed E-state index contributed by atoms with van der Waals surface area (Å²) in [5.74, 6) is 0. The van der Waals surface area contributed by atoms with Crippen molar-refractivity contribution in [3.05, 3.63) is 34.9 Å². The minimum absolute atomic E-state index is 0.649. The van der Waals surface area contributed by atoms with E-state index in [0.29, 0.717) is 6.54 Å². The van der Waals surface area contributed by atoms with Gasteiger partial charge in [0.2, 0.25) is 0 Å². The molecule has 0 aromatic heterocycles. The highest BCUT2D eigenvalue weighted by atomic mass is 32.1. The van der Waals surface area contributed by atoms with Crippen LogP contribution in [0.3, 0.4) is 0 Å². The molecule has 0 spiro atoms. The molecule has 0 fully saturated rings. The van der Waals surface area contributed by atoms with E-state index in [1.165, 1.54) is 48.8 Å². The van der Waals surface area contributed by atoms with E-state index in [1.54, 1.807) is 0 Å². The van der Waals surface area contributed by atoms with Crippen molar-refractivity contribution in [2.24, 2.45) is 5.73 Å². The number of fused-ring (bicyclic) bond motifs is 1. The number of rotatable bonds is 3. The predicted octanol–water partition coefficient (Wildman–Crippen LogP) is 3.02. The summed E-state index contributed by atoms with van der Waals surface area (Å²) in [5, 5.41) is 0. The van der Waals surface area contributed by atoms with E-state index in [4.69, 9.17) is 18.0 Å². The molecule has 0 radical (unpaired) electrons. The molecule has 1 aliphatic rings. The van der Waals surface area contributed by atoms with Gasteiger partial charge in [-0.2, -0.15) is 0 Å². The van der Waals surface area contributed by atoms with Crippen molar-refractivity contribution in [3.8, 4) is 0 Å². The zero-order chi connectivity index (χ0) is 11.4. The molecule has 1 aromatic carbocycles. The molecule has 0 saturated carbocycles. The molecule has 2 rings (SSSR count). The molecule has 0 unspecified atom stereocenters. The third kappa shape index (κ3) is 2.69. The Morgan fingerprint density at radius 3 is 2.62 bits per heavy atom. The Balaban J connectivity index is 2.23. The first-order chi connectivity index (χ1) is 7.81. The summed E-state index contributed by atoms with van der Waals surface area (Å²) in [7, 11) is 0. The van der Waals surface area contributed by atoms with Crippen molar-refractivity contribution < 1.29 is 0 Å². The molecule has 2 N–H and O–H groups in total. The van der Waals surface area contributed by atoms with Gasteiger partial charge in [-0.3, -0.25) is 0 Å². The molecule has 0 amide bonds. The van der Waals surface area contributed by atoms with E-state index >= 15 is 0 Å². The van der Waals surface area contributed by atoms with Gasteiger partial charge in [0.05, 0.1) is 0 Å². The number of benzene rings is 1. The van der Waals surface area contributed by atoms with Crippen LogP contribution in [0.25, 0.3) is 0 Å². The summed E-state index contributed by atoms with van der Waals surface area (Å²) in [6.07, 6.45) is 7.29. The standard InChI is InChI=1S/C14H19NS/c15-9-8-14(16)13-7-6-11-4-2-1-3-5-12(11)10-13/h6-7,10H,1-5,8-9,15H2. The number of aryl methyl sites for hydroxylation is 2. The SMILES string of the molecule is NCCC(=S)c1ccc2c(c1)CCCCC2. The average molecular weight is 233 g/mol. The van der Waals surface area contributed by atoms with Crippen LogP contribution in [-0.2, 0) is 12.8 Å². The molecule has 0 aliphatic heterocycles. The fourth-order valence-electron chi connectivity index (χ4n) is 2.36. The highest BCUT2D eigenvalue weighted by Gasteiger charge is 2.09. The molecule has 0 atom stereocenters. The smallest absolute Gasteiger partial charge is 0.0237 e. The molecular weight excluding hydrogens is 214 g/mol. The Hall–Kier alpha value is -0.730. The van der Waals surface area contributed by atoms with Gasteiger partial charge in [0, 0.05) is 4.86 Å². The van der Waals surface area contributed by atoms with Crippen LogP contribution in [0.4, 0.5) is 0 Å². The summed E-state index contributed by atoms with van der Waals surface area (Å²) < 4.78 is 0. The first-order valence-corrected chi connectivity index (χ1v) is 6.57. The Kier molecular flexibility index (Phi) is 4.08. The van der Waals surface area contributed by atoms with Crippen molar-refractivity contribution in [2.75, 3.05) is 6.54 Å². The van der Waals surface area contributed by atoms with Gasteiger partial charge >= 0.3 is 0 Å². The average Bonchev–Trinajstić information content (AvgIpc) is 2.53. The van der Waals surface area contributed by atoms with E-state index < -0.39 is 0 Å². The van der Waals surface area contributed by atoms with Crippen LogP contribution in [0.2, 0.25) is 0 Å². The maximum atomic E-state index is 5.54. The third-order valence-electron chi connectivity index (χ3n) is 3.29. The zero-order valence-corrected chi connectivity index (χ0v) is 10.5.